The molecule has 0 N–H and O–H groups in total. The molecule has 2 aromatic heterocycles. The molecule has 0 aliphatic carbocycles. The van der Waals surface area contributed by atoms with Gasteiger partial charge >= 0.3 is 0 Å². The van der Waals surface area contributed by atoms with E-state index in [-0.39, 0.29) is 18.4 Å². The normalized spacial score (nSPS) is 16.7. The van der Waals surface area contributed by atoms with Gasteiger partial charge in [0.15, 0.2) is 0 Å². The van der Waals surface area contributed by atoms with Crippen molar-refractivity contribution in [2.45, 2.75) is 13.0 Å². The third-order valence-corrected chi connectivity index (χ3v) is 6.68. The first kappa shape index (κ1) is 17.8. The van der Waals surface area contributed by atoms with E-state index in [1.807, 2.05) is 30.3 Å². The van der Waals surface area contributed by atoms with Crippen molar-refractivity contribution >= 4 is 34.1 Å². The van der Waals surface area contributed by atoms with Crippen molar-refractivity contribution < 1.29 is 9.59 Å². The number of carbonyl (C=O) groups excluding carboxylic acids is 2. The first-order valence-corrected chi connectivity index (χ1v) is 10.1. The van der Waals surface area contributed by atoms with Gasteiger partial charge in [-0.1, -0.05) is 23.3 Å². The average Bonchev–Trinajstić information content (AvgIpc) is 3.35. The number of aromatic nitrogens is 4. The van der Waals surface area contributed by atoms with Crippen LogP contribution in [-0.4, -0.2) is 64.1 Å². The predicted octanol–water partition coefficient (Wildman–Crippen LogP) is 1.33. The summed E-state index contributed by atoms with van der Waals surface area (Å²) in [6.45, 7) is 1.39. The van der Waals surface area contributed by atoms with Gasteiger partial charge in [0.05, 0.1) is 17.8 Å². The van der Waals surface area contributed by atoms with Crippen LogP contribution in [0.5, 0.6) is 0 Å². The molecule has 10 heteroatoms. The molecule has 0 saturated heterocycles. The van der Waals surface area contributed by atoms with Crippen LogP contribution in [0.1, 0.15) is 20.8 Å². The van der Waals surface area contributed by atoms with E-state index in [2.05, 4.69) is 20.4 Å². The minimum absolute atomic E-state index is 0.0805. The zero-order chi connectivity index (χ0) is 20.1. The number of amides is 2. The summed E-state index contributed by atoms with van der Waals surface area (Å²) in [5.41, 5.74) is 2.60. The predicted molar refractivity (Wildman–Crippen MR) is 109 cm³/mol. The molecule has 5 rings (SSSR count). The fourth-order valence-electron chi connectivity index (χ4n) is 3.82. The fraction of sp³-hybridized carbons (Fsp3) is 0.316. The van der Waals surface area contributed by atoms with Crippen LogP contribution in [-0.2, 0) is 17.8 Å². The van der Waals surface area contributed by atoms with Crippen LogP contribution in [0.4, 0.5) is 10.9 Å². The van der Waals surface area contributed by atoms with Gasteiger partial charge in [0, 0.05) is 25.5 Å². The number of anilines is 2. The second kappa shape index (κ2) is 6.66. The smallest absolute Gasteiger partial charge is 0.257 e. The maximum absolute atomic E-state index is 12.9. The lowest BCUT2D eigenvalue weighted by atomic mass is 10.0. The highest BCUT2D eigenvalue weighted by molar-refractivity contribution is 7.17. The van der Waals surface area contributed by atoms with Gasteiger partial charge in [-0.15, -0.1) is 11.3 Å². The number of rotatable bonds is 2. The standard InChI is InChI=1S/C19H19N7O2S/c1-23-11-15(27)24(2)18-16(17(23)28)13-8-9-25(10-14(13)29-18)19-20-21-22-26(19)12-6-4-3-5-7-12/h3-7H,8-11H2,1-2H3. The highest BCUT2D eigenvalue weighted by Gasteiger charge is 2.36. The van der Waals surface area contributed by atoms with Gasteiger partial charge in [0.1, 0.15) is 11.5 Å². The Balaban J connectivity index is 1.52. The lowest BCUT2D eigenvalue weighted by Gasteiger charge is -2.27. The Kier molecular flexibility index (Phi) is 4.09. The lowest BCUT2D eigenvalue weighted by molar-refractivity contribution is -0.118. The number of hydrogen-bond acceptors (Lipinski definition) is 7. The van der Waals surface area contributed by atoms with E-state index < -0.39 is 0 Å². The Labute approximate surface area is 171 Å². The van der Waals surface area contributed by atoms with Crippen molar-refractivity contribution in [3.63, 3.8) is 0 Å². The molecule has 0 radical (unpaired) electrons. The van der Waals surface area contributed by atoms with Crippen molar-refractivity contribution in [3.05, 3.63) is 46.3 Å². The third-order valence-electron chi connectivity index (χ3n) is 5.39. The number of hydrogen-bond donors (Lipinski definition) is 0. The zero-order valence-corrected chi connectivity index (χ0v) is 16.9. The van der Waals surface area contributed by atoms with Crippen LogP contribution in [0.15, 0.2) is 30.3 Å². The number of thiophene rings is 1. The molecule has 148 valence electrons. The molecule has 2 aliphatic heterocycles. The largest absolute Gasteiger partial charge is 0.334 e. The number of carbonyl (C=O) groups is 2. The Hall–Kier alpha value is -3.27. The summed E-state index contributed by atoms with van der Waals surface area (Å²) in [6, 6.07) is 9.75. The van der Waals surface area contributed by atoms with E-state index in [1.165, 1.54) is 16.2 Å². The highest BCUT2D eigenvalue weighted by Crippen LogP contribution is 2.41. The molecule has 0 fully saturated rings. The molecular weight excluding hydrogens is 390 g/mol. The highest BCUT2D eigenvalue weighted by atomic mass is 32.1. The van der Waals surface area contributed by atoms with Crippen molar-refractivity contribution in [3.8, 4) is 5.69 Å². The number of benzene rings is 1. The van der Waals surface area contributed by atoms with Crippen molar-refractivity contribution in [2.24, 2.45) is 0 Å². The van der Waals surface area contributed by atoms with E-state index in [1.54, 1.807) is 23.7 Å². The number of tetrazole rings is 1. The molecular formula is C19H19N7O2S. The third kappa shape index (κ3) is 2.79. The maximum Gasteiger partial charge on any atom is 0.257 e. The van der Waals surface area contributed by atoms with Crippen molar-refractivity contribution in [1.29, 1.82) is 0 Å². The van der Waals surface area contributed by atoms with Crippen LogP contribution in [0.3, 0.4) is 0 Å². The first-order chi connectivity index (χ1) is 14.0. The maximum atomic E-state index is 12.9. The SMILES string of the molecule is CN1CC(=O)N(C)c2sc3c(c2C1=O)CCN(c1nnnn1-c1ccccc1)C3. The molecule has 2 aliphatic rings. The molecule has 4 heterocycles. The molecule has 29 heavy (non-hydrogen) atoms. The Bertz CT molecular complexity index is 1110. The average molecular weight is 409 g/mol. The van der Waals surface area contributed by atoms with Gasteiger partial charge in [0.25, 0.3) is 11.9 Å². The molecule has 1 aromatic carbocycles. The van der Waals surface area contributed by atoms with E-state index >= 15 is 0 Å². The lowest BCUT2D eigenvalue weighted by Crippen LogP contribution is -2.36. The number of likely N-dealkylation sites (N-methyl/N-ethyl adjacent to an activating group) is 2. The minimum Gasteiger partial charge on any atom is -0.334 e. The fourth-order valence-corrected chi connectivity index (χ4v) is 5.15. The monoisotopic (exact) mass is 409 g/mol. The minimum atomic E-state index is -0.0854. The summed E-state index contributed by atoms with van der Waals surface area (Å²) >= 11 is 1.51. The summed E-state index contributed by atoms with van der Waals surface area (Å²) in [6.07, 6.45) is 0.699. The van der Waals surface area contributed by atoms with Crippen LogP contribution >= 0.6 is 11.3 Å². The topological polar surface area (TPSA) is 87.5 Å². The second-order valence-electron chi connectivity index (χ2n) is 7.20. The molecule has 3 aromatic rings. The Morgan fingerprint density at radius 3 is 2.66 bits per heavy atom. The quantitative estimate of drug-likeness (QED) is 0.635. The van der Waals surface area contributed by atoms with Gasteiger partial charge in [0.2, 0.25) is 5.91 Å². The molecule has 0 atom stereocenters. The molecule has 2 amide bonds. The number of fused-ring (bicyclic) bond motifs is 3. The summed E-state index contributed by atoms with van der Waals surface area (Å²) in [5.74, 6) is 0.499. The van der Waals surface area contributed by atoms with E-state index in [4.69, 9.17) is 0 Å². The summed E-state index contributed by atoms with van der Waals surface area (Å²) < 4.78 is 1.72. The number of nitrogens with zero attached hydrogens (tertiary/aromatic N) is 7. The first-order valence-electron chi connectivity index (χ1n) is 9.30. The van der Waals surface area contributed by atoms with Crippen molar-refractivity contribution in [1.82, 2.24) is 25.1 Å². The van der Waals surface area contributed by atoms with Crippen LogP contribution in [0.25, 0.3) is 5.69 Å². The molecule has 0 bridgehead atoms. The zero-order valence-electron chi connectivity index (χ0n) is 16.1. The second-order valence-corrected chi connectivity index (χ2v) is 8.28. The number of para-hydroxylation sites is 1. The van der Waals surface area contributed by atoms with Crippen LogP contribution in [0.2, 0.25) is 0 Å². The van der Waals surface area contributed by atoms with Gasteiger partial charge in [-0.05, 0) is 34.5 Å². The van der Waals surface area contributed by atoms with E-state index in [9.17, 15) is 9.59 Å². The molecule has 9 nitrogen and oxygen atoms in total. The molecule has 0 saturated carbocycles. The molecule has 0 spiro atoms. The van der Waals surface area contributed by atoms with Crippen molar-refractivity contribution in [2.75, 3.05) is 37.0 Å². The Morgan fingerprint density at radius 1 is 1.07 bits per heavy atom. The van der Waals surface area contributed by atoms with Gasteiger partial charge < -0.3 is 14.7 Å². The van der Waals surface area contributed by atoms with Gasteiger partial charge in [-0.25, -0.2) is 0 Å². The van der Waals surface area contributed by atoms with Gasteiger partial charge in [-0.2, -0.15) is 4.68 Å². The molecule has 0 unspecified atom stereocenters. The van der Waals surface area contributed by atoms with Gasteiger partial charge in [-0.3, -0.25) is 9.59 Å². The summed E-state index contributed by atoms with van der Waals surface area (Å²) in [5, 5.41) is 13.0. The summed E-state index contributed by atoms with van der Waals surface area (Å²) in [4.78, 5) is 31.6. The van der Waals surface area contributed by atoms with E-state index in [0.717, 1.165) is 21.1 Å². The van der Waals surface area contributed by atoms with Crippen LogP contribution < -0.4 is 9.80 Å². The summed E-state index contributed by atoms with van der Waals surface area (Å²) in [7, 11) is 3.42. The van der Waals surface area contributed by atoms with E-state index in [0.29, 0.717) is 31.0 Å². The Morgan fingerprint density at radius 2 is 1.86 bits per heavy atom. The van der Waals surface area contributed by atoms with Crippen LogP contribution in [0, 0.1) is 0 Å².